The van der Waals surface area contributed by atoms with Crippen LogP contribution in [0.5, 0.6) is 0 Å². The molecule has 0 unspecified atom stereocenters. The quantitative estimate of drug-likeness (QED) is 0.541. The highest BCUT2D eigenvalue weighted by molar-refractivity contribution is 5.44. The van der Waals surface area contributed by atoms with Crippen LogP contribution in [0.3, 0.4) is 0 Å². The van der Waals surface area contributed by atoms with Gasteiger partial charge in [-0.2, -0.15) is 0 Å². The monoisotopic (exact) mass is 309 g/mol. The van der Waals surface area contributed by atoms with Crippen LogP contribution in [0, 0.1) is 0 Å². The van der Waals surface area contributed by atoms with Crippen LogP contribution in [0.25, 0.3) is 11.6 Å². The van der Waals surface area contributed by atoms with Crippen LogP contribution in [-0.4, -0.2) is 66.6 Å². The Balaban J connectivity index is 1.86. The highest BCUT2D eigenvalue weighted by Crippen LogP contribution is 2.32. The molecule has 1 saturated heterocycles. The topological polar surface area (TPSA) is 142 Å². The van der Waals surface area contributed by atoms with Crippen LogP contribution < -0.4 is 0 Å². The number of aliphatic hydroxyl groups excluding tert-OH is 4. The first kappa shape index (κ1) is 15.0. The van der Waals surface area contributed by atoms with E-state index in [9.17, 15) is 15.3 Å². The Labute approximate surface area is 124 Å². The van der Waals surface area contributed by atoms with Crippen molar-refractivity contribution in [2.75, 3.05) is 6.61 Å². The van der Waals surface area contributed by atoms with E-state index in [2.05, 4.69) is 15.2 Å². The zero-order valence-corrected chi connectivity index (χ0v) is 11.4. The Morgan fingerprint density at radius 1 is 1.05 bits per heavy atom. The number of rotatable bonds is 3. The average molecular weight is 309 g/mol. The second kappa shape index (κ2) is 6.07. The maximum Gasteiger partial charge on any atom is 0.266 e. The van der Waals surface area contributed by atoms with Crippen molar-refractivity contribution in [3.63, 3.8) is 0 Å². The molecule has 0 amide bonds. The minimum absolute atomic E-state index is 0.0717. The molecule has 2 aromatic heterocycles. The Morgan fingerprint density at radius 3 is 2.55 bits per heavy atom. The molecule has 0 aromatic carbocycles. The highest BCUT2D eigenvalue weighted by atomic mass is 16.6. The smallest absolute Gasteiger partial charge is 0.266 e. The zero-order chi connectivity index (χ0) is 15.7. The molecular formula is C13H15N3O6. The predicted molar refractivity (Wildman–Crippen MR) is 70.2 cm³/mol. The first-order chi connectivity index (χ1) is 10.6. The molecule has 1 aliphatic rings. The van der Waals surface area contributed by atoms with E-state index in [1.165, 1.54) is 0 Å². The van der Waals surface area contributed by atoms with Crippen molar-refractivity contribution in [1.82, 2.24) is 15.2 Å². The van der Waals surface area contributed by atoms with Crippen molar-refractivity contribution in [2.45, 2.75) is 30.5 Å². The molecule has 0 saturated carbocycles. The maximum atomic E-state index is 9.99. The lowest BCUT2D eigenvalue weighted by molar-refractivity contribution is -0.236. The fraction of sp³-hybridized carbons (Fsp3) is 0.462. The molecule has 9 heteroatoms. The summed E-state index contributed by atoms with van der Waals surface area (Å²) in [6.07, 6.45) is -5.02. The molecule has 9 nitrogen and oxygen atoms in total. The SMILES string of the molecule is OC[C@H]1O[C@@H](c2nnc(-c3ccccn3)o2)[C@H](O)[C@@H](O)[C@H]1O. The number of aliphatic hydroxyl groups is 4. The number of aromatic nitrogens is 3. The molecule has 0 radical (unpaired) electrons. The van der Waals surface area contributed by atoms with Crippen LogP contribution in [0.2, 0.25) is 0 Å². The van der Waals surface area contributed by atoms with E-state index in [-0.39, 0.29) is 11.8 Å². The second-order valence-electron chi connectivity index (χ2n) is 4.91. The molecule has 4 N–H and O–H groups in total. The van der Waals surface area contributed by atoms with Crippen molar-refractivity contribution in [3.05, 3.63) is 30.3 Å². The number of hydrogen-bond acceptors (Lipinski definition) is 9. The molecule has 22 heavy (non-hydrogen) atoms. The Morgan fingerprint density at radius 2 is 1.86 bits per heavy atom. The summed E-state index contributed by atoms with van der Waals surface area (Å²) in [5.74, 6) is 0.0603. The summed E-state index contributed by atoms with van der Waals surface area (Å²) in [6.45, 7) is -0.525. The first-order valence-corrected chi connectivity index (χ1v) is 6.67. The van der Waals surface area contributed by atoms with Crippen molar-refractivity contribution in [1.29, 1.82) is 0 Å². The van der Waals surface area contributed by atoms with E-state index < -0.39 is 37.1 Å². The lowest BCUT2D eigenvalue weighted by Crippen LogP contribution is -2.55. The van der Waals surface area contributed by atoms with Crippen LogP contribution in [0.1, 0.15) is 12.0 Å². The van der Waals surface area contributed by atoms with Crippen molar-refractivity contribution in [2.24, 2.45) is 0 Å². The minimum atomic E-state index is -1.50. The second-order valence-corrected chi connectivity index (χ2v) is 4.91. The van der Waals surface area contributed by atoms with E-state index in [0.29, 0.717) is 5.69 Å². The van der Waals surface area contributed by atoms with Gasteiger partial charge in [0.2, 0.25) is 5.89 Å². The fourth-order valence-corrected chi connectivity index (χ4v) is 2.25. The van der Waals surface area contributed by atoms with Crippen molar-refractivity contribution < 1.29 is 29.6 Å². The summed E-state index contributed by atoms with van der Waals surface area (Å²) in [6, 6.07) is 5.16. The average Bonchev–Trinajstić information content (AvgIpc) is 3.04. The van der Waals surface area contributed by atoms with Gasteiger partial charge in [0, 0.05) is 6.20 Å². The van der Waals surface area contributed by atoms with Gasteiger partial charge in [-0.3, -0.25) is 4.98 Å². The fourth-order valence-electron chi connectivity index (χ4n) is 2.25. The molecular weight excluding hydrogens is 294 g/mol. The van der Waals surface area contributed by atoms with Crippen molar-refractivity contribution in [3.8, 4) is 11.6 Å². The Bertz CT molecular complexity index is 619. The highest BCUT2D eigenvalue weighted by Gasteiger charge is 2.46. The predicted octanol–water partition coefficient (Wildman–Crippen LogP) is -1.35. The normalized spacial score (nSPS) is 32.1. The summed E-state index contributed by atoms with van der Waals surface area (Å²) in [5, 5.41) is 46.2. The zero-order valence-electron chi connectivity index (χ0n) is 11.4. The van der Waals surface area contributed by atoms with Gasteiger partial charge in [0.1, 0.15) is 30.1 Å². The van der Waals surface area contributed by atoms with Gasteiger partial charge in [0.25, 0.3) is 5.89 Å². The molecule has 0 bridgehead atoms. The molecule has 2 aromatic rings. The van der Waals surface area contributed by atoms with Crippen LogP contribution in [-0.2, 0) is 4.74 Å². The van der Waals surface area contributed by atoms with Crippen LogP contribution in [0.15, 0.2) is 28.8 Å². The molecule has 3 rings (SSSR count). The van der Waals surface area contributed by atoms with E-state index in [1.807, 2.05) is 0 Å². The molecule has 5 atom stereocenters. The number of pyridine rings is 1. The molecule has 3 heterocycles. The third kappa shape index (κ3) is 2.60. The van der Waals surface area contributed by atoms with Crippen LogP contribution >= 0.6 is 0 Å². The lowest BCUT2D eigenvalue weighted by Gasteiger charge is -2.38. The lowest BCUT2D eigenvalue weighted by atomic mass is 9.95. The maximum absolute atomic E-state index is 9.99. The summed E-state index contributed by atoms with van der Waals surface area (Å²) < 4.78 is 10.8. The van der Waals surface area contributed by atoms with E-state index in [4.69, 9.17) is 14.3 Å². The van der Waals surface area contributed by atoms with Gasteiger partial charge >= 0.3 is 0 Å². The van der Waals surface area contributed by atoms with Gasteiger partial charge in [-0.1, -0.05) is 6.07 Å². The third-order valence-corrected chi connectivity index (χ3v) is 3.46. The standard InChI is InChI=1S/C13H15N3O6/c17-5-7-8(18)9(19)10(20)11(21-7)13-16-15-12(22-13)6-3-1-2-4-14-6/h1-4,7-11,17-20H,5H2/t7-,8+,9+,10-,11-/m1/s1. The summed E-state index contributed by atoms with van der Waals surface area (Å²) in [7, 11) is 0. The van der Waals surface area contributed by atoms with Gasteiger partial charge in [-0.05, 0) is 12.1 Å². The Hall–Kier alpha value is -1.91. The van der Waals surface area contributed by atoms with Gasteiger partial charge in [0.15, 0.2) is 6.10 Å². The van der Waals surface area contributed by atoms with Crippen LogP contribution in [0.4, 0.5) is 0 Å². The summed E-state index contributed by atoms with van der Waals surface area (Å²) in [4.78, 5) is 4.06. The molecule has 118 valence electrons. The summed E-state index contributed by atoms with van der Waals surface area (Å²) >= 11 is 0. The summed E-state index contributed by atoms with van der Waals surface area (Å²) in [5.41, 5.74) is 0.450. The minimum Gasteiger partial charge on any atom is -0.416 e. The number of hydrogen-bond donors (Lipinski definition) is 4. The molecule has 1 fully saturated rings. The largest absolute Gasteiger partial charge is 0.416 e. The Kier molecular flexibility index (Phi) is 4.14. The van der Waals surface area contributed by atoms with Gasteiger partial charge in [-0.15, -0.1) is 10.2 Å². The number of ether oxygens (including phenoxy) is 1. The van der Waals surface area contributed by atoms with E-state index >= 15 is 0 Å². The number of nitrogens with zero attached hydrogens (tertiary/aromatic N) is 3. The third-order valence-electron chi connectivity index (χ3n) is 3.46. The van der Waals surface area contributed by atoms with E-state index in [0.717, 1.165) is 0 Å². The van der Waals surface area contributed by atoms with Gasteiger partial charge < -0.3 is 29.6 Å². The van der Waals surface area contributed by atoms with Crippen molar-refractivity contribution >= 4 is 0 Å². The van der Waals surface area contributed by atoms with E-state index in [1.54, 1.807) is 24.4 Å². The molecule has 1 aliphatic heterocycles. The van der Waals surface area contributed by atoms with Gasteiger partial charge in [-0.25, -0.2) is 0 Å². The first-order valence-electron chi connectivity index (χ1n) is 6.67. The molecule has 0 spiro atoms. The van der Waals surface area contributed by atoms with Gasteiger partial charge in [0.05, 0.1) is 6.61 Å². The molecule has 0 aliphatic carbocycles.